The van der Waals surface area contributed by atoms with E-state index in [0.29, 0.717) is 6.10 Å². The lowest BCUT2D eigenvalue weighted by Crippen LogP contribution is -2.33. The summed E-state index contributed by atoms with van der Waals surface area (Å²) in [5.74, 6) is 0.964. The van der Waals surface area contributed by atoms with Gasteiger partial charge in [-0.1, -0.05) is 0 Å². The van der Waals surface area contributed by atoms with Crippen molar-refractivity contribution in [2.24, 2.45) is 0 Å². The number of piperidine rings is 1. The molecule has 0 unspecified atom stereocenters. The molecule has 1 aliphatic rings. The fourth-order valence-electron chi connectivity index (χ4n) is 2.55. The zero-order valence-electron chi connectivity index (χ0n) is 11.8. The van der Waals surface area contributed by atoms with Crippen molar-refractivity contribution in [3.05, 3.63) is 24.0 Å². The molecule has 2 N–H and O–H groups in total. The molecule has 20 heavy (non-hydrogen) atoms. The number of ether oxygens (including phenoxy) is 1. The van der Waals surface area contributed by atoms with Crippen LogP contribution in [0.25, 0.3) is 5.65 Å². The summed E-state index contributed by atoms with van der Waals surface area (Å²) in [5.41, 5.74) is 2.04. The van der Waals surface area contributed by atoms with Gasteiger partial charge in [0.2, 0.25) is 0 Å². The van der Waals surface area contributed by atoms with E-state index in [9.17, 15) is 0 Å². The van der Waals surface area contributed by atoms with Crippen LogP contribution in [0.15, 0.2) is 18.5 Å². The van der Waals surface area contributed by atoms with Crippen molar-refractivity contribution >= 4 is 11.5 Å². The standard InChI is InChI=1S/C14H21N5O/c1-11-8-13(19-14(9-11)17-10-18-19)16-6-7-20-12-2-4-15-5-3-12/h8-10,12,15-16H,2-7H2,1H3. The van der Waals surface area contributed by atoms with Crippen LogP contribution in [-0.2, 0) is 4.74 Å². The second-order valence-corrected chi connectivity index (χ2v) is 5.19. The van der Waals surface area contributed by atoms with Crippen LogP contribution in [0.3, 0.4) is 0 Å². The number of hydrogen-bond acceptors (Lipinski definition) is 5. The Balaban J connectivity index is 1.53. The minimum Gasteiger partial charge on any atom is -0.376 e. The van der Waals surface area contributed by atoms with E-state index in [1.165, 1.54) is 5.56 Å². The van der Waals surface area contributed by atoms with Gasteiger partial charge in [0.15, 0.2) is 5.65 Å². The van der Waals surface area contributed by atoms with Gasteiger partial charge in [0, 0.05) is 6.54 Å². The first kappa shape index (κ1) is 13.3. The minimum absolute atomic E-state index is 0.405. The molecule has 2 aromatic rings. The first-order valence-electron chi connectivity index (χ1n) is 7.19. The van der Waals surface area contributed by atoms with Crippen molar-refractivity contribution in [3.63, 3.8) is 0 Å². The highest BCUT2D eigenvalue weighted by molar-refractivity contribution is 5.51. The molecule has 6 nitrogen and oxygen atoms in total. The van der Waals surface area contributed by atoms with Crippen molar-refractivity contribution in [2.75, 3.05) is 31.6 Å². The highest BCUT2D eigenvalue weighted by atomic mass is 16.5. The number of pyridine rings is 1. The molecule has 0 radical (unpaired) electrons. The second kappa shape index (κ2) is 6.19. The van der Waals surface area contributed by atoms with Gasteiger partial charge < -0.3 is 15.4 Å². The highest BCUT2D eigenvalue weighted by Crippen LogP contribution is 2.13. The van der Waals surface area contributed by atoms with Crippen LogP contribution in [-0.4, -0.2) is 46.9 Å². The zero-order chi connectivity index (χ0) is 13.8. The number of anilines is 1. The summed E-state index contributed by atoms with van der Waals surface area (Å²) in [7, 11) is 0. The van der Waals surface area contributed by atoms with Crippen LogP contribution < -0.4 is 10.6 Å². The lowest BCUT2D eigenvalue weighted by molar-refractivity contribution is 0.0394. The maximum atomic E-state index is 5.88. The average molecular weight is 275 g/mol. The van der Waals surface area contributed by atoms with Gasteiger partial charge in [-0.3, -0.25) is 0 Å². The van der Waals surface area contributed by atoms with Gasteiger partial charge >= 0.3 is 0 Å². The van der Waals surface area contributed by atoms with Crippen LogP contribution in [0.4, 0.5) is 5.82 Å². The summed E-state index contributed by atoms with van der Waals surface area (Å²) in [6.45, 7) is 5.69. The molecule has 3 heterocycles. The Morgan fingerprint density at radius 3 is 3.10 bits per heavy atom. The largest absolute Gasteiger partial charge is 0.376 e. The van der Waals surface area contributed by atoms with Crippen molar-refractivity contribution in [1.29, 1.82) is 0 Å². The summed E-state index contributed by atoms with van der Waals surface area (Å²) in [6, 6.07) is 4.09. The summed E-state index contributed by atoms with van der Waals surface area (Å²) < 4.78 is 7.70. The number of aryl methyl sites for hydroxylation is 1. The Morgan fingerprint density at radius 2 is 2.25 bits per heavy atom. The maximum Gasteiger partial charge on any atom is 0.157 e. The van der Waals surface area contributed by atoms with E-state index in [1.807, 2.05) is 10.6 Å². The molecule has 0 aromatic carbocycles. The third kappa shape index (κ3) is 3.08. The van der Waals surface area contributed by atoms with E-state index in [-0.39, 0.29) is 0 Å². The van der Waals surface area contributed by atoms with E-state index in [0.717, 1.165) is 50.5 Å². The van der Waals surface area contributed by atoms with Crippen LogP contribution in [0.5, 0.6) is 0 Å². The van der Waals surface area contributed by atoms with Crippen LogP contribution in [0.2, 0.25) is 0 Å². The molecule has 1 aliphatic heterocycles. The number of hydrogen-bond donors (Lipinski definition) is 2. The van der Waals surface area contributed by atoms with E-state index in [1.54, 1.807) is 6.33 Å². The van der Waals surface area contributed by atoms with Crippen molar-refractivity contribution < 1.29 is 4.74 Å². The van der Waals surface area contributed by atoms with E-state index in [4.69, 9.17) is 4.74 Å². The summed E-state index contributed by atoms with van der Waals surface area (Å²) >= 11 is 0. The molecule has 3 rings (SSSR count). The number of rotatable bonds is 5. The lowest BCUT2D eigenvalue weighted by Gasteiger charge is -2.23. The fraction of sp³-hybridized carbons (Fsp3) is 0.571. The fourth-order valence-corrected chi connectivity index (χ4v) is 2.55. The van der Waals surface area contributed by atoms with Crippen molar-refractivity contribution in [3.8, 4) is 0 Å². The Kier molecular flexibility index (Phi) is 4.13. The normalized spacial score (nSPS) is 16.6. The average Bonchev–Trinajstić information content (AvgIpc) is 2.92. The molecule has 0 aliphatic carbocycles. The summed E-state index contributed by atoms with van der Waals surface area (Å²) in [5, 5.41) is 10.9. The summed E-state index contributed by atoms with van der Waals surface area (Å²) in [4.78, 5) is 4.22. The smallest absolute Gasteiger partial charge is 0.157 e. The van der Waals surface area contributed by atoms with Gasteiger partial charge in [0.05, 0.1) is 12.7 Å². The van der Waals surface area contributed by atoms with Gasteiger partial charge in [0.1, 0.15) is 12.1 Å². The molecule has 0 amide bonds. The molecule has 1 saturated heterocycles. The molecule has 0 saturated carbocycles. The molecule has 6 heteroatoms. The maximum absolute atomic E-state index is 5.88. The Labute approximate surface area is 118 Å². The van der Waals surface area contributed by atoms with Gasteiger partial charge in [-0.15, -0.1) is 0 Å². The van der Waals surface area contributed by atoms with E-state index >= 15 is 0 Å². The molecular weight excluding hydrogens is 254 g/mol. The monoisotopic (exact) mass is 275 g/mol. The molecule has 0 spiro atoms. The Hall–Kier alpha value is -1.66. The predicted octanol–water partition coefficient (Wildman–Crippen LogP) is 1.22. The number of nitrogens with one attached hydrogen (secondary N) is 2. The number of aromatic nitrogens is 3. The SMILES string of the molecule is Cc1cc(NCCOC2CCNCC2)n2ncnc2c1. The number of nitrogens with zero attached hydrogens (tertiary/aromatic N) is 3. The van der Waals surface area contributed by atoms with Gasteiger partial charge in [0.25, 0.3) is 0 Å². The van der Waals surface area contributed by atoms with Gasteiger partial charge in [-0.2, -0.15) is 9.61 Å². The van der Waals surface area contributed by atoms with Gasteiger partial charge in [-0.05, 0) is 50.6 Å². The van der Waals surface area contributed by atoms with E-state index < -0.39 is 0 Å². The second-order valence-electron chi connectivity index (χ2n) is 5.19. The zero-order valence-corrected chi connectivity index (χ0v) is 11.8. The van der Waals surface area contributed by atoms with Crippen molar-refractivity contribution in [2.45, 2.75) is 25.9 Å². The third-order valence-corrected chi connectivity index (χ3v) is 3.57. The van der Waals surface area contributed by atoms with E-state index in [2.05, 4.69) is 33.7 Å². The van der Waals surface area contributed by atoms with Crippen LogP contribution in [0.1, 0.15) is 18.4 Å². The molecule has 0 bridgehead atoms. The first-order chi connectivity index (χ1) is 9.83. The highest BCUT2D eigenvalue weighted by Gasteiger charge is 2.12. The summed E-state index contributed by atoms with van der Waals surface area (Å²) in [6.07, 6.45) is 4.20. The molecule has 108 valence electrons. The topological polar surface area (TPSA) is 63.5 Å². The van der Waals surface area contributed by atoms with Crippen molar-refractivity contribution in [1.82, 2.24) is 19.9 Å². The van der Waals surface area contributed by atoms with Gasteiger partial charge in [-0.25, -0.2) is 4.98 Å². The molecule has 1 fully saturated rings. The molecular formula is C14H21N5O. The number of fused-ring (bicyclic) bond motifs is 1. The third-order valence-electron chi connectivity index (χ3n) is 3.57. The lowest BCUT2D eigenvalue weighted by atomic mass is 10.1. The molecule has 2 aromatic heterocycles. The Bertz CT molecular complexity index is 562. The predicted molar refractivity (Wildman–Crippen MR) is 78.1 cm³/mol. The quantitative estimate of drug-likeness (QED) is 0.803. The van der Waals surface area contributed by atoms with Crippen LogP contribution in [0, 0.1) is 6.92 Å². The first-order valence-corrected chi connectivity index (χ1v) is 7.19. The molecule has 0 atom stereocenters. The Morgan fingerprint density at radius 1 is 1.40 bits per heavy atom. The van der Waals surface area contributed by atoms with Crippen LogP contribution >= 0.6 is 0 Å². The minimum atomic E-state index is 0.405.